The van der Waals surface area contributed by atoms with E-state index in [1.165, 1.54) is 0 Å². The molecule has 6 heavy (non-hydrogen) atoms. The van der Waals surface area contributed by atoms with Gasteiger partial charge >= 0.3 is 0 Å². The molecule has 0 bridgehead atoms. The molecule has 0 heterocycles. The molecule has 1 aliphatic carbocycles. The summed E-state index contributed by atoms with van der Waals surface area (Å²) in [6.45, 7) is 1.57. The Morgan fingerprint density at radius 3 is 3.00 bits per heavy atom. The summed E-state index contributed by atoms with van der Waals surface area (Å²) in [5.74, 6) is -1.04. The molecule has 0 radical (unpaired) electrons. The molecule has 0 aliphatic heterocycles. The van der Waals surface area contributed by atoms with Crippen LogP contribution in [0.25, 0.3) is 0 Å². The molecule has 0 saturated heterocycles. The first-order valence-corrected chi connectivity index (χ1v) is 2.30. The highest BCUT2D eigenvalue weighted by Crippen LogP contribution is 2.22. The van der Waals surface area contributed by atoms with Crippen LogP contribution in [0.3, 0.4) is 0 Å². The van der Waals surface area contributed by atoms with Crippen LogP contribution >= 0.6 is 0 Å². The van der Waals surface area contributed by atoms with E-state index < -0.39 is 18.7 Å². The Kier molecular flexibility index (Phi) is 0.408. The molecule has 0 amide bonds. The molecule has 0 nitrogen and oxygen atoms in total. The lowest BCUT2D eigenvalue weighted by molar-refractivity contribution is 0.612. The Morgan fingerprint density at radius 1 is 2.00 bits per heavy atom. The molecule has 0 heteroatoms. The zero-order valence-corrected chi connectivity index (χ0v) is 3.99. The summed E-state index contributed by atoms with van der Waals surface area (Å²) in [4.78, 5) is 0. The van der Waals surface area contributed by atoms with Gasteiger partial charge in [0.2, 0.25) is 0 Å². The SMILES string of the molecule is [2H]C1CCC([2H])(C)C1([2H])[2H]. The molecule has 2 unspecified atom stereocenters. The topological polar surface area (TPSA) is 0 Å². The van der Waals surface area contributed by atoms with Crippen LogP contribution in [0.1, 0.15) is 38.0 Å². The van der Waals surface area contributed by atoms with Gasteiger partial charge in [0, 0.05) is 5.48 Å². The Bertz CT molecular complexity index is 141. The van der Waals surface area contributed by atoms with Crippen molar-refractivity contribution in [1.29, 1.82) is 0 Å². The van der Waals surface area contributed by atoms with E-state index in [0.717, 1.165) is 0 Å². The molecule has 0 spiro atoms. The second kappa shape index (κ2) is 1.63. The molecule has 1 fully saturated rings. The summed E-state index contributed by atoms with van der Waals surface area (Å²) < 4.78 is 29.6. The minimum Gasteiger partial charge on any atom is -0.0625 e. The number of rotatable bonds is 0. The van der Waals surface area contributed by atoms with Crippen LogP contribution in [0, 0.1) is 5.89 Å². The summed E-state index contributed by atoms with van der Waals surface area (Å²) in [6.07, 6.45) is -1.29. The maximum absolute atomic E-state index is 7.52. The molecule has 1 saturated carbocycles. The van der Waals surface area contributed by atoms with Gasteiger partial charge in [-0.15, -0.1) is 0 Å². The molecule has 1 rings (SSSR count). The molecular weight excluding hydrogens is 72.1 g/mol. The molecule has 0 aromatic heterocycles. The van der Waals surface area contributed by atoms with Crippen LogP contribution in [-0.4, -0.2) is 0 Å². The normalized spacial score (nSPS) is 77.2. The molecule has 0 aromatic rings. The van der Waals surface area contributed by atoms with Gasteiger partial charge in [0.15, 0.2) is 0 Å². The second-order valence-corrected chi connectivity index (χ2v) is 1.67. The Hall–Kier alpha value is 0. The van der Waals surface area contributed by atoms with E-state index >= 15 is 0 Å². The summed E-state index contributed by atoms with van der Waals surface area (Å²) >= 11 is 0. The van der Waals surface area contributed by atoms with Crippen LogP contribution in [0.15, 0.2) is 0 Å². The first-order chi connectivity index (χ1) is 4.38. The maximum Gasteiger partial charge on any atom is 0.0300 e. The van der Waals surface area contributed by atoms with E-state index in [-0.39, 0.29) is 0 Å². The third-order valence-corrected chi connectivity index (χ3v) is 1.01. The summed E-state index contributed by atoms with van der Waals surface area (Å²) in [5.41, 5.74) is 0. The van der Waals surface area contributed by atoms with E-state index in [9.17, 15) is 0 Å². The molecule has 2 atom stereocenters. The van der Waals surface area contributed by atoms with Gasteiger partial charge in [0.05, 0.1) is 0 Å². The van der Waals surface area contributed by atoms with Gasteiger partial charge in [-0.2, -0.15) is 0 Å². The van der Waals surface area contributed by atoms with Crippen molar-refractivity contribution in [2.75, 3.05) is 0 Å². The molecule has 36 valence electrons. The van der Waals surface area contributed by atoms with Crippen molar-refractivity contribution in [2.24, 2.45) is 5.89 Å². The first-order valence-electron chi connectivity index (χ1n) is 4.38. The van der Waals surface area contributed by atoms with Crippen LogP contribution in [0.5, 0.6) is 0 Å². The molecule has 1 aliphatic rings. The third kappa shape index (κ3) is 0.735. The lowest BCUT2D eigenvalue weighted by Gasteiger charge is -1.91. The van der Waals surface area contributed by atoms with Gasteiger partial charge in [0.1, 0.15) is 0 Å². The fourth-order valence-electron chi connectivity index (χ4n) is 0.607. The van der Waals surface area contributed by atoms with Crippen molar-refractivity contribution in [3.8, 4) is 0 Å². The Balaban J connectivity index is 2.84. The highest BCUT2D eigenvalue weighted by Gasteiger charge is 2.07. The standard InChI is InChI=1S/C6H12/c1-6-4-2-3-5-6/h6H,2-5H2,1H3/i2D,4D2,6D. The van der Waals surface area contributed by atoms with Crippen molar-refractivity contribution >= 4 is 0 Å². The molecular formula is C6H12. The largest absolute Gasteiger partial charge is 0.0625 e. The van der Waals surface area contributed by atoms with Gasteiger partial charge in [-0.05, 0) is 5.89 Å². The highest BCUT2D eigenvalue weighted by atomic mass is 14.1. The summed E-state index contributed by atoms with van der Waals surface area (Å²) in [6, 6.07) is 0. The predicted molar refractivity (Wildman–Crippen MR) is 27.6 cm³/mol. The Morgan fingerprint density at radius 2 is 2.83 bits per heavy atom. The summed E-state index contributed by atoms with van der Waals surface area (Å²) in [5, 5.41) is 0. The van der Waals surface area contributed by atoms with E-state index in [1.807, 2.05) is 0 Å². The average Bonchev–Trinajstić information content (AvgIpc) is 1.94. The van der Waals surface area contributed by atoms with Crippen LogP contribution in [0.4, 0.5) is 0 Å². The maximum atomic E-state index is 7.52. The lowest BCUT2D eigenvalue weighted by atomic mass is 10.2. The van der Waals surface area contributed by atoms with Gasteiger partial charge < -0.3 is 0 Å². The number of hydrogen-bond acceptors (Lipinski definition) is 0. The fraction of sp³-hybridized carbons (Fsp3) is 1.00. The summed E-state index contributed by atoms with van der Waals surface area (Å²) in [7, 11) is 0. The zero-order valence-electron chi connectivity index (χ0n) is 7.99. The predicted octanol–water partition coefficient (Wildman–Crippen LogP) is 2.20. The highest BCUT2D eigenvalue weighted by molar-refractivity contribution is 4.60. The quantitative estimate of drug-likeness (QED) is 0.426. The van der Waals surface area contributed by atoms with Gasteiger partial charge in [0.25, 0.3) is 0 Å². The van der Waals surface area contributed by atoms with Crippen molar-refractivity contribution < 1.29 is 5.48 Å². The Labute approximate surface area is 45.2 Å². The zero-order chi connectivity index (χ0) is 7.99. The smallest absolute Gasteiger partial charge is 0.0300 e. The second-order valence-electron chi connectivity index (χ2n) is 1.67. The van der Waals surface area contributed by atoms with E-state index in [4.69, 9.17) is 5.48 Å². The monoisotopic (exact) mass is 88.1 g/mol. The van der Waals surface area contributed by atoms with E-state index in [2.05, 4.69) is 0 Å². The number of hydrogen-bond donors (Lipinski definition) is 0. The molecule has 0 N–H and O–H groups in total. The minimum absolute atomic E-state index is 0.508. The van der Waals surface area contributed by atoms with Crippen molar-refractivity contribution in [1.82, 2.24) is 0 Å². The van der Waals surface area contributed by atoms with Crippen molar-refractivity contribution in [3.63, 3.8) is 0 Å². The fourth-order valence-corrected chi connectivity index (χ4v) is 0.607. The van der Waals surface area contributed by atoms with Gasteiger partial charge in [-0.3, -0.25) is 0 Å². The van der Waals surface area contributed by atoms with E-state index in [1.54, 1.807) is 6.92 Å². The van der Waals surface area contributed by atoms with Gasteiger partial charge in [-0.25, -0.2) is 0 Å². The molecule has 0 aromatic carbocycles. The van der Waals surface area contributed by atoms with Crippen LogP contribution in [0.2, 0.25) is 0 Å². The van der Waals surface area contributed by atoms with Crippen molar-refractivity contribution in [2.45, 2.75) is 32.5 Å². The minimum atomic E-state index is -1.62. The van der Waals surface area contributed by atoms with Gasteiger partial charge in [-0.1, -0.05) is 32.5 Å². The van der Waals surface area contributed by atoms with Crippen molar-refractivity contribution in [3.05, 3.63) is 0 Å². The third-order valence-electron chi connectivity index (χ3n) is 1.01. The lowest BCUT2D eigenvalue weighted by Crippen LogP contribution is -1.78. The first kappa shape index (κ1) is 1.50. The van der Waals surface area contributed by atoms with E-state index in [0.29, 0.717) is 12.8 Å². The van der Waals surface area contributed by atoms with Crippen LogP contribution < -0.4 is 0 Å². The average molecular weight is 88.2 g/mol. The van der Waals surface area contributed by atoms with Crippen LogP contribution in [-0.2, 0) is 0 Å².